The van der Waals surface area contributed by atoms with Gasteiger partial charge in [-0.1, -0.05) is 30.3 Å². The highest BCUT2D eigenvalue weighted by Crippen LogP contribution is 2.29. The zero-order valence-electron chi connectivity index (χ0n) is 12.1. The number of hydrogen-bond donors (Lipinski definition) is 2. The summed E-state index contributed by atoms with van der Waals surface area (Å²) in [5, 5.41) is 12.4. The van der Waals surface area contributed by atoms with Crippen LogP contribution in [-0.4, -0.2) is 16.0 Å². The molecule has 2 aromatic carbocycles. The van der Waals surface area contributed by atoms with Gasteiger partial charge in [-0.3, -0.25) is 9.78 Å². The molecule has 2 N–H and O–H groups in total. The zero-order chi connectivity index (χ0) is 16.1. The topological polar surface area (TPSA) is 71.5 Å². The maximum absolute atomic E-state index is 12.3. The van der Waals surface area contributed by atoms with Crippen LogP contribution in [0.4, 0.5) is 5.69 Å². The third-order valence-corrected chi connectivity index (χ3v) is 3.15. The second-order valence-corrected chi connectivity index (χ2v) is 4.76. The fraction of sp³-hybridized carbons (Fsp3) is 0. The number of pyridine rings is 1. The Kier molecular flexibility index (Phi) is 4.20. The van der Waals surface area contributed by atoms with E-state index in [0.717, 1.165) is 0 Å². The van der Waals surface area contributed by atoms with Gasteiger partial charge in [-0.15, -0.1) is 0 Å². The molecule has 3 rings (SSSR count). The Morgan fingerprint density at radius 3 is 2.52 bits per heavy atom. The summed E-state index contributed by atoms with van der Waals surface area (Å²) in [6.07, 6.45) is 2.67. The van der Waals surface area contributed by atoms with Crippen molar-refractivity contribution >= 4 is 11.6 Å². The normalized spacial score (nSPS) is 10.1. The van der Waals surface area contributed by atoms with Crippen LogP contribution in [-0.2, 0) is 0 Å². The van der Waals surface area contributed by atoms with Crippen LogP contribution in [0.3, 0.4) is 0 Å². The van der Waals surface area contributed by atoms with Crippen molar-refractivity contribution in [3.8, 4) is 17.2 Å². The second-order valence-electron chi connectivity index (χ2n) is 4.76. The minimum atomic E-state index is -0.436. The van der Waals surface area contributed by atoms with E-state index in [9.17, 15) is 9.90 Å². The summed E-state index contributed by atoms with van der Waals surface area (Å²) in [7, 11) is 0. The van der Waals surface area contributed by atoms with E-state index in [4.69, 9.17) is 4.74 Å². The zero-order valence-corrected chi connectivity index (χ0v) is 12.1. The lowest BCUT2D eigenvalue weighted by atomic mass is 10.2. The van der Waals surface area contributed by atoms with Crippen molar-refractivity contribution in [2.24, 2.45) is 0 Å². The van der Waals surface area contributed by atoms with Crippen LogP contribution < -0.4 is 10.1 Å². The van der Waals surface area contributed by atoms with Crippen molar-refractivity contribution < 1.29 is 14.6 Å². The molecule has 0 atom stereocenters. The highest BCUT2D eigenvalue weighted by molar-refractivity contribution is 6.06. The van der Waals surface area contributed by atoms with Crippen LogP contribution in [0.15, 0.2) is 73.1 Å². The van der Waals surface area contributed by atoms with E-state index in [1.165, 1.54) is 18.5 Å². The third-order valence-electron chi connectivity index (χ3n) is 3.15. The van der Waals surface area contributed by atoms with Gasteiger partial charge in [0.2, 0.25) is 0 Å². The number of anilines is 1. The molecule has 0 bridgehead atoms. The highest BCUT2D eigenvalue weighted by atomic mass is 16.5. The van der Waals surface area contributed by atoms with Crippen molar-refractivity contribution in [3.05, 3.63) is 78.6 Å². The first-order valence-corrected chi connectivity index (χ1v) is 7.00. The quantitative estimate of drug-likeness (QED) is 0.768. The maximum Gasteiger partial charge on any atom is 0.259 e. The molecule has 0 unspecified atom stereocenters. The van der Waals surface area contributed by atoms with Crippen LogP contribution >= 0.6 is 0 Å². The lowest BCUT2D eigenvalue weighted by molar-refractivity contribution is 0.102. The molecule has 5 heteroatoms. The minimum Gasteiger partial charge on any atom is -0.505 e. The summed E-state index contributed by atoms with van der Waals surface area (Å²) in [5.41, 5.74) is 0.659. The summed E-state index contributed by atoms with van der Waals surface area (Å²) < 4.78 is 5.79. The van der Waals surface area contributed by atoms with Crippen molar-refractivity contribution in [2.45, 2.75) is 0 Å². The van der Waals surface area contributed by atoms with E-state index in [1.807, 2.05) is 36.4 Å². The summed E-state index contributed by atoms with van der Waals surface area (Å²) in [6, 6.07) is 17.8. The van der Waals surface area contributed by atoms with Gasteiger partial charge in [0.25, 0.3) is 5.91 Å². The molecule has 5 nitrogen and oxygen atoms in total. The summed E-state index contributed by atoms with van der Waals surface area (Å²) in [4.78, 5) is 16.0. The molecule has 0 saturated heterocycles. The van der Waals surface area contributed by atoms with Gasteiger partial charge in [0, 0.05) is 6.20 Å². The molecule has 1 heterocycles. The number of hydrogen-bond acceptors (Lipinski definition) is 4. The molecule has 1 amide bonds. The molecule has 0 saturated carbocycles. The van der Waals surface area contributed by atoms with Gasteiger partial charge in [0.05, 0.1) is 17.4 Å². The smallest absolute Gasteiger partial charge is 0.259 e. The van der Waals surface area contributed by atoms with Crippen molar-refractivity contribution in [1.82, 2.24) is 4.98 Å². The number of nitrogens with zero attached hydrogens (tertiary/aromatic N) is 1. The van der Waals surface area contributed by atoms with Crippen molar-refractivity contribution in [3.63, 3.8) is 0 Å². The lowest BCUT2D eigenvalue weighted by Crippen LogP contribution is -2.12. The molecule has 114 valence electrons. The van der Waals surface area contributed by atoms with Gasteiger partial charge < -0.3 is 15.2 Å². The number of amides is 1. The Bertz CT molecular complexity index is 819. The SMILES string of the molecule is O=C(Nc1ccccc1Oc1ccccc1)c1ccncc1O. The summed E-state index contributed by atoms with van der Waals surface area (Å²) in [6.45, 7) is 0. The average Bonchev–Trinajstić information content (AvgIpc) is 2.58. The molecule has 0 aliphatic carbocycles. The first-order chi connectivity index (χ1) is 11.2. The van der Waals surface area contributed by atoms with Gasteiger partial charge >= 0.3 is 0 Å². The number of aromatic nitrogens is 1. The third kappa shape index (κ3) is 3.47. The van der Waals surface area contributed by atoms with E-state index in [1.54, 1.807) is 18.2 Å². The van der Waals surface area contributed by atoms with E-state index in [0.29, 0.717) is 17.2 Å². The van der Waals surface area contributed by atoms with Gasteiger partial charge in [0.1, 0.15) is 11.5 Å². The second kappa shape index (κ2) is 6.62. The number of carbonyl (C=O) groups excluding carboxylic acids is 1. The number of carbonyl (C=O) groups is 1. The number of benzene rings is 2. The van der Waals surface area contributed by atoms with E-state index < -0.39 is 5.91 Å². The maximum atomic E-state index is 12.3. The number of nitrogens with one attached hydrogen (secondary N) is 1. The van der Waals surface area contributed by atoms with E-state index >= 15 is 0 Å². The van der Waals surface area contributed by atoms with Gasteiger partial charge in [-0.25, -0.2) is 0 Å². The molecule has 0 aliphatic heterocycles. The molecule has 1 aromatic heterocycles. The Labute approximate surface area is 133 Å². The van der Waals surface area contributed by atoms with Gasteiger partial charge in [-0.05, 0) is 30.3 Å². The Morgan fingerprint density at radius 2 is 1.74 bits per heavy atom. The van der Waals surface area contributed by atoms with E-state index in [2.05, 4.69) is 10.3 Å². The number of ether oxygens (including phenoxy) is 1. The van der Waals surface area contributed by atoms with Gasteiger partial charge in [0.15, 0.2) is 5.75 Å². The fourth-order valence-electron chi connectivity index (χ4n) is 2.04. The number of aromatic hydroxyl groups is 1. The Balaban J connectivity index is 1.84. The standard InChI is InChI=1S/C18H14N2O3/c21-16-12-19-11-10-14(16)18(22)20-15-8-4-5-9-17(15)23-13-6-2-1-3-7-13/h1-12,21H,(H,20,22). The molecule has 0 spiro atoms. The molecule has 0 aliphatic rings. The first kappa shape index (κ1) is 14.6. The van der Waals surface area contributed by atoms with Crippen LogP contribution in [0.5, 0.6) is 17.2 Å². The molecule has 0 radical (unpaired) electrons. The first-order valence-electron chi connectivity index (χ1n) is 7.00. The fourth-order valence-corrected chi connectivity index (χ4v) is 2.04. The highest BCUT2D eigenvalue weighted by Gasteiger charge is 2.13. The monoisotopic (exact) mass is 306 g/mol. The minimum absolute atomic E-state index is 0.148. The predicted molar refractivity (Wildman–Crippen MR) is 86.8 cm³/mol. The van der Waals surface area contributed by atoms with Crippen molar-refractivity contribution in [1.29, 1.82) is 0 Å². The van der Waals surface area contributed by atoms with Crippen LogP contribution in [0.1, 0.15) is 10.4 Å². The average molecular weight is 306 g/mol. The van der Waals surface area contributed by atoms with Crippen LogP contribution in [0, 0.1) is 0 Å². The summed E-state index contributed by atoms with van der Waals surface area (Å²) in [5.74, 6) is 0.571. The van der Waals surface area contributed by atoms with Gasteiger partial charge in [-0.2, -0.15) is 0 Å². The van der Waals surface area contributed by atoms with Crippen LogP contribution in [0.25, 0.3) is 0 Å². The number of rotatable bonds is 4. The Hall–Kier alpha value is -3.34. The molecule has 3 aromatic rings. The molecule has 23 heavy (non-hydrogen) atoms. The molecular formula is C18H14N2O3. The predicted octanol–water partition coefficient (Wildman–Crippen LogP) is 3.83. The summed E-state index contributed by atoms with van der Waals surface area (Å²) >= 11 is 0. The molecule has 0 fully saturated rings. The van der Waals surface area contributed by atoms with Crippen LogP contribution in [0.2, 0.25) is 0 Å². The Morgan fingerprint density at radius 1 is 1.00 bits per heavy atom. The van der Waals surface area contributed by atoms with Crippen molar-refractivity contribution in [2.75, 3.05) is 5.32 Å². The number of para-hydroxylation sites is 3. The lowest BCUT2D eigenvalue weighted by Gasteiger charge is -2.12. The molecular weight excluding hydrogens is 292 g/mol. The van der Waals surface area contributed by atoms with E-state index in [-0.39, 0.29) is 11.3 Å². The largest absolute Gasteiger partial charge is 0.505 e.